The van der Waals surface area contributed by atoms with Crippen molar-refractivity contribution in [3.05, 3.63) is 48.2 Å². The van der Waals surface area contributed by atoms with E-state index in [0.29, 0.717) is 0 Å². The predicted octanol–water partition coefficient (Wildman–Crippen LogP) is 2.17. The van der Waals surface area contributed by atoms with Gasteiger partial charge in [-0.25, -0.2) is 4.98 Å². The highest BCUT2D eigenvalue weighted by molar-refractivity contribution is 5.72. The van der Waals surface area contributed by atoms with Crippen LogP contribution in [0.25, 0.3) is 5.57 Å². The molecule has 2 aliphatic rings. The Balaban J connectivity index is 1.76. The Morgan fingerprint density at radius 3 is 3.05 bits per heavy atom. The molecular weight excluding hydrogens is 248 g/mol. The lowest BCUT2D eigenvalue weighted by Crippen LogP contribution is -2.37. The van der Waals surface area contributed by atoms with Crippen molar-refractivity contribution < 1.29 is 0 Å². The molecular formula is C16H22N4. The Hall–Kier alpha value is -1.81. The SMILES string of the molecule is C=C(CN1CCn2c(C3=CCCC=C3)cnc2C1)NC. The van der Waals surface area contributed by atoms with Crippen molar-refractivity contribution >= 4 is 5.57 Å². The average Bonchev–Trinajstić information content (AvgIpc) is 2.91. The fourth-order valence-corrected chi connectivity index (χ4v) is 2.83. The Bertz CT molecular complexity index is 565. The maximum Gasteiger partial charge on any atom is 0.123 e. The van der Waals surface area contributed by atoms with Gasteiger partial charge in [-0.2, -0.15) is 0 Å². The van der Waals surface area contributed by atoms with Crippen LogP contribution in [0, 0.1) is 0 Å². The van der Waals surface area contributed by atoms with Crippen LogP contribution in [0.3, 0.4) is 0 Å². The number of allylic oxidation sites excluding steroid dienone is 4. The molecule has 0 unspecified atom stereocenters. The highest BCUT2D eigenvalue weighted by Crippen LogP contribution is 2.24. The molecule has 106 valence electrons. The summed E-state index contributed by atoms with van der Waals surface area (Å²) in [6, 6.07) is 0. The molecule has 1 N–H and O–H groups in total. The molecule has 0 saturated heterocycles. The topological polar surface area (TPSA) is 33.1 Å². The van der Waals surface area contributed by atoms with Gasteiger partial charge in [-0.1, -0.05) is 24.8 Å². The smallest absolute Gasteiger partial charge is 0.123 e. The highest BCUT2D eigenvalue weighted by Gasteiger charge is 2.21. The second-order valence-corrected chi connectivity index (χ2v) is 5.41. The summed E-state index contributed by atoms with van der Waals surface area (Å²) in [6.07, 6.45) is 11.1. The van der Waals surface area contributed by atoms with Gasteiger partial charge >= 0.3 is 0 Å². The lowest BCUT2D eigenvalue weighted by molar-refractivity contribution is 0.231. The molecule has 0 fully saturated rings. The standard InChI is InChI=1S/C16H22N4/c1-13(17-2)11-19-8-9-20-15(10-18-16(20)12-19)14-6-4-3-5-7-14/h4,6-7,10,17H,1,3,5,8-9,11-12H2,2H3. The second kappa shape index (κ2) is 5.67. The lowest BCUT2D eigenvalue weighted by atomic mass is 10.0. The highest BCUT2D eigenvalue weighted by atomic mass is 15.2. The van der Waals surface area contributed by atoms with Gasteiger partial charge in [-0.3, -0.25) is 4.90 Å². The number of imidazole rings is 1. The fraction of sp³-hybridized carbons (Fsp3) is 0.438. The van der Waals surface area contributed by atoms with Gasteiger partial charge in [0.2, 0.25) is 0 Å². The molecule has 20 heavy (non-hydrogen) atoms. The van der Waals surface area contributed by atoms with Crippen LogP contribution >= 0.6 is 0 Å². The van der Waals surface area contributed by atoms with E-state index in [1.165, 1.54) is 11.3 Å². The quantitative estimate of drug-likeness (QED) is 0.910. The summed E-state index contributed by atoms with van der Waals surface area (Å²) in [5.41, 5.74) is 3.65. The first kappa shape index (κ1) is 13.2. The Labute approximate surface area is 120 Å². The van der Waals surface area contributed by atoms with E-state index in [1.807, 2.05) is 13.2 Å². The van der Waals surface area contributed by atoms with E-state index in [2.05, 4.69) is 44.6 Å². The van der Waals surface area contributed by atoms with Gasteiger partial charge in [-0.05, 0) is 18.4 Å². The van der Waals surface area contributed by atoms with Crippen LogP contribution < -0.4 is 5.32 Å². The summed E-state index contributed by atoms with van der Waals surface area (Å²) < 4.78 is 2.36. The first-order valence-corrected chi connectivity index (χ1v) is 7.27. The molecule has 0 aromatic carbocycles. The second-order valence-electron chi connectivity index (χ2n) is 5.41. The first-order valence-electron chi connectivity index (χ1n) is 7.27. The molecule has 0 amide bonds. The molecule has 3 rings (SSSR count). The summed E-state index contributed by atoms with van der Waals surface area (Å²) in [5, 5.41) is 3.11. The molecule has 1 aromatic rings. The summed E-state index contributed by atoms with van der Waals surface area (Å²) in [6.45, 7) is 7.85. The van der Waals surface area contributed by atoms with E-state index in [-0.39, 0.29) is 0 Å². The molecule has 0 bridgehead atoms. The Morgan fingerprint density at radius 1 is 1.40 bits per heavy atom. The maximum atomic E-state index is 4.61. The van der Waals surface area contributed by atoms with Crippen LogP contribution in [0.5, 0.6) is 0 Å². The third kappa shape index (κ3) is 2.56. The Kier molecular flexibility index (Phi) is 3.74. The molecule has 1 aromatic heterocycles. The van der Waals surface area contributed by atoms with Crippen molar-refractivity contribution in [3.8, 4) is 0 Å². The van der Waals surface area contributed by atoms with Gasteiger partial charge < -0.3 is 9.88 Å². The molecule has 1 aliphatic carbocycles. The zero-order valence-corrected chi connectivity index (χ0v) is 12.1. The third-order valence-electron chi connectivity index (χ3n) is 4.00. The van der Waals surface area contributed by atoms with Gasteiger partial charge in [0, 0.05) is 32.4 Å². The molecule has 0 saturated carbocycles. The fourth-order valence-electron chi connectivity index (χ4n) is 2.83. The van der Waals surface area contributed by atoms with Crippen LogP contribution in [0.4, 0.5) is 0 Å². The predicted molar refractivity (Wildman–Crippen MR) is 82.1 cm³/mol. The van der Waals surface area contributed by atoms with Crippen molar-refractivity contribution in [1.82, 2.24) is 19.8 Å². The van der Waals surface area contributed by atoms with E-state index in [0.717, 1.165) is 50.5 Å². The van der Waals surface area contributed by atoms with Crippen molar-refractivity contribution in [1.29, 1.82) is 0 Å². The van der Waals surface area contributed by atoms with Gasteiger partial charge in [-0.15, -0.1) is 0 Å². The van der Waals surface area contributed by atoms with E-state index in [4.69, 9.17) is 0 Å². The van der Waals surface area contributed by atoms with Crippen molar-refractivity contribution in [3.63, 3.8) is 0 Å². The number of likely N-dealkylation sites (N-methyl/N-ethyl adjacent to an activating group) is 1. The molecule has 1 aliphatic heterocycles. The third-order valence-corrected chi connectivity index (χ3v) is 4.00. The van der Waals surface area contributed by atoms with E-state index in [9.17, 15) is 0 Å². The number of hydrogen-bond acceptors (Lipinski definition) is 3. The summed E-state index contributed by atoms with van der Waals surface area (Å²) >= 11 is 0. The zero-order chi connectivity index (χ0) is 13.9. The van der Waals surface area contributed by atoms with Crippen LogP contribution in [0.15, 0.2) is 36.7 Å². The maximum absolute atomic E-state index is 4.61. The minimum Gasteiger partial charge on any atom is -0.391 e. The van der Waals surface area contributed by atoms with Gasteiger partial charge in [0.1, 0.15) is 5.82 Å². The minimum absolute atomic E-state index is 0.890. The van der Waals surface area contributed by atoms with Crippen LogP contribution in [-0.2, 0) is 13.1 Å². The van der Waals surface area contributed by atoms with Gasteiger partial charge in [0.25, 0.3) is 0 Å². The number of nitrogens with zero attached hydrogens (tertiary/aromatic N) is 3. The average molecular weight is 270 g/mol. The number of nitrogens with one attached hydrogen (secondary N) is 1. The summed E-state index contributed by atoms with van der Waals surface area (Å²) in [5.74, 6) is 1.16. The number of aromatic nitrogens is 2. The van der Waals surface area contributed by atoms with E-state index in [1.54, 1.807) is 0 Å². The number of fused-ring (bicyclic) bond motifs is 1. The molecule has 4 heteroatoms. The molecule has 2 heterocycles. The van der Waals surface area contributed by atoms with Crippen molar-refractivity contribution in [2.45, 2.75) is 25.9 Å². The van der Waals surface area contributed by atoms with E-state index < -0.39 is 0 Å². The van der Waals surface area contributed by atoms with Crippen LogP contribution in [0.2, 0.25) is 0 Å². The summed E-state index contributed by atoms with van der Waals surface area (Å²) in [4.78, 5) is 7.00. The van der Waals surface area contributed by atoms with Gasteiger partial charge in [0.15, 0.2) is 0 Å². The van der Waals surface area contributed by atoms with Gasteiger partial charge in [0.05, 0.1) is 18.4 Å². The normalized spacial score (nSPS) is 18.6. The minimum atomic E-state index is 0.890. The first-order chi connectivity index (χ1) is 9.78. The largest absolute Gasteiger partial charge is 0.391 e. The molecule has 4 nitrogen and oxygen atoms in total. The molecule has 0 spiro atoms. The lowest BCUT2D eigenvalue weighted by Gasteiger charge is -2.29. The number of rotatable bonds is 4. The number of hydrogen-bond donors (Lipinski definition) is 1. The Morgan fingerprint density at radius 2 is 2.30 bits per heavy atom. The van der Waals surface area contributed by atoms with Crippen molar-refractivity contribution in [2.75, 3.05) is 20.1 Å². The molecule has 0 atom stereocenters. The van der Waals surface area contributed by atoms with E-state index >= 15 is 0 Å². The van der Waals surface area contributed by atoms with Crippen LogP contribution in [0.1, 0.15) is 24.4 Å². The van der Waals surface area contributed by atoms with Crippen LogP contribution in [-0.4, -0.2) is 34.6 Å². The van der Waals surface area contributed by atoms with Crippen molar-refractivity contribution in [2.24, 2.45) is 0 Å². The monoisotopic (exact) mass is 270 g/mol. The zero-order valence-electron chi connectivity index (χ0n) is 12.1. The summed E-state index contributed by atoms with van der Waals surface area (Å²) in [7, 11) is 1.92. The molecule has 0 radical (unpaired) electrons.